The SMILES string of the molecule is Oc1ccc(-c2cc(-c3ccc(Cl)cc3)c3c(n2)-c2cccc(O)c2C3)cc1. The molecule has 3 aromatic carbocycles. The summed E-state index contributed by atoms with van der Waals surface area (Å²) in [7, 11) is 0. The van der Waals surface area contributed by atoms with Gasteiger partial charge < -0.3 is 10.2 Å². The highest BCUT2D eigenvalue weighted by molar-refractivity contribution is 6.30. The molecule has 0 aliphatic heterocycles. The van der Waals surface area contributed by atoms with Gasteiger partial charge in [0.15, 0.2) is 0 Å². The monoisotopic (exact) mass is 385 g/mol. The summed E-state index contributed by atoms with van der Waals surface area (Å²) in [5, 5.41) is 20.7. The summed E-state index contributed by atoms with van der Waals surface area (Å²) in [6.45, 7) is 0. The second-order valence-corrected chi connectivity index (χ2v) is 7.35. The minimum atomic E-state index is 0.220. The molecule has 0 bridgehead atoms. The first-order chi connectivity index (χ1) is 13.6. The zero-order chi connectivity index (χ0) is 19.3. The molecule has 0 spiro atoms. The number of hydrogen-bond acceptors (Lipinski definition) is 3. The lowest BCUT2D eigenvalue weighted by molar-refractivity contribution is 0.470. The van der Waals surface area contributed by atoms with Crippen molar-refractivity contribution in [1.82, 2.24) is 4.98 Å². The van der Waals surface area contributed by atoms with Crippen LogP contribution >= 0.6 is 11.6 Å². The quantitative estimate of drug-likeness (QED) is 0.389. The van der Waals surface area contributed by atoms with Gasteiger partial charge in [-0.1, -0.05) is 35.9 Å². The molecule has 0 atom stereocenters. The van der Waals surface area contributed by atoms with Crippen molar-refractivity contribution in [2.75, 3.05) is 0 Å². The summed E-state index contributed by atoms with van der Waals surface area (Å²) in [5.41, 5.74) is 7.72. The van der Waals surface area contributed by atoms with Crippen LogP contribution in [0.1, 0.15) is 11.1 Å². The molecule has 3 nitrogen and oxygen atoms in total. The molecule has 5 rings (SSSR count). The van der Waals surface area contributed by atoms with Crippen LogP contribution in [0.3, 0.4) is 0 Å². The van der Waals surface area contributed by atoms with Crippen LogP contribution in [0.4, 0.5) is 0 Å². The number of pyridine rings is 1. The zero-order valence-electron chi connectivity index (χ0n) is 14.9. The van der Waals surface area contributed by atoms with Gasteiger partial charge in [-0.25, -0.2) is 4.98 Å². The topological polar surface area (TPSA) is 53.4 Å². The van der Waals surface area contributed by atoms with E-state index in [0.29, 0.717) is 17.2 Å². The number of aromatic hydroxyl groups is 2. The standard InChI is InChI=1S/C24H16ClNO2/c25-16-8-4-14(5-9-16)19-13-22(15-6-10-17(27)11-7-15)26-24-18-2-1-3-23(28)20(18)12-21(19)24/h1-11,13,27-28H,12H2. The van der Waals surface area contributed by atoms with Crippen LogP contribution in [0.5, 0.6) is 11.5 Å². The van der Waals surface area contributed by atoms with Crippen molar-refractivity contribution in [3.05, 3.63) is 88.9 Å². The third kappa shape index (κ3) is 2.72. The minimum absolute atomic E-state index is 0.220. The lowest BCUT2D eigenvalue weighted by Crippen LogP contribution is -1.94. The Labute approximate surface area is 167 Å². The van der Waals surface area contributed by atoms with Crippen molar-refractivity contribution >= 4 is 11.6 Å². The van der Waals surface area contributed by atoms with Crippen molar-refractivity contribution in [2.45, 2.75) is 6.42 Å². The number of halogens is 1. The number of rotatable bonds is 2. The summed E-state index contributed by atoms with van der Waals surface area (Å²) >= 11 is 6.08. The number of nitrogens with zero attached hydrogens (tertiary/aromatic N) is 1. The third-order valence-electron chi connectivity index (χ3n) is 5.20. The molecule has 4 aromatic rings. The first-order valence-corrected chi connectivity index (χ1v) is 9.38. The smallest absolute Gasteiger partial charge is 0.119 e. The maximum Gasteiger partial charge on any atom is 0.119 e. The normalized spacial score (nSPS) is 11.9. The Hall–Kier alpha value is -3.30. The largest absolute Gasteiger partial charge is 0.508 e. The van der Waals surface area contributed by atoms with Crippen LogP contribution in [-0.2, 0) is 6.42 Å². The molecule has 0 saturated heterocycles. The van der Waals surface area contributed by atoms with Crippen molar-refractivity contribution in [1.29, 1.82) is 0 Å². The molecule has 1 aromatic heterocycles. The fourth-order valence-corrected chi connectivity index (χ4v) is 3.93. The van der Waals surface area contributed by atoms with Crippen molar-refractivity contribution in [2.24, 2.45) is 0 Å². The van der Waals surface area contributed by atoms with Crippen molar-refractivity contribution in [3.63, 3.8) is 0 Å². The molecule has 0 saturated carbocycles. The number of aromatic nitrogens is 1. The predicted molar refractivity (Wildman–Crippen MR) is 112 cm³/mol. The number of benzene rings is 3. The Balaban J connectivity index is 1.77. The van der Waals surface area contributed by atoms with Gasteiger partial charge in [0.2, 0.25) is 0 Å². The summed E-state index contributed by atoms with van der Waals surface area (Å²) in [6.07, 6.45) is 0.637. The number of phenols is 2. The lowest BCUT2D eigenvalue weighted by atomic mass is 9.96. The average molecular weight is 386 g/mol. The van der Waals surface area contributed by atoms with E-state index in [-0.39, 0.29) is 5.75 Å². The number of phenolic OH excluding ortho intramolecular Hbond substituents is 2. The predicted octanol–water partition coefficient (Wildman–Crippen LogP) is 6.05. The van der Waals surface area contributed by atoms with Crippen LogP contribution in [0.2, 0.25) is 5.02 Å². The second kappa shape index (κ2) is 6.39. The highest BCUT2D eigenvalue weighted by atomic mass is 35.5. The van der Waals surface area contributed by atoms with Gasteiger partial charge in [-0.15, -0.1) is 0 Å². The van der Waals surface area contributed by atoms with Gasteiger partial charge in [0.1, 0.15) is 11.5 Å². The highest BCUT2D eigenvalue weighted by Crippen LogP contribution is 2.45. The Morgan fingerprint density at radius 3 is 2.21 bits per heavy atom. The van der Waals surface area contributed by atoms with Crippen LogP contribution in [0.15, 0.2) is 72.8 Å². The van der Waals surface area contributed by atoms with Gasteiger partial charge in [-0.2, -0.15) is 0 Å². The van der Waals surface area contributed by atoms with E-state index in [9.17, 15) is 10.2 Å². The maximum atomic E-state index is 10.3. The minimum Gasteiger partial charge on any atom is -0.508 e. The Morgan fingerprint density at radius 2 is 1.46 bits per heavy atom. The summed E-state index contributed by atoms with van der Waals surface area (Å²) in [5.74, 6) is 0.516. The van der Waals surface area contributed by atoms with E-state index in [1.807, 2.05) is 48.5 Å². The van der Waals surface area contributed by atoms with Crippen molar-refractivity contribution in [3.8, 4) is 45.1 Å². The van der Waals surface area contributed by atoms with Gasteiger partial charge in [-0.3, -0.25) is 0 Å². The highest BCUT2D eigenvalue weighted by Gasteiger charge is 2.26. The average Bonchev–Trinajstić information content (AvgIpc) is 3.09. The third-order valence-corrected chi connectivity index (χ3v) is 5.45. The molecular formula is C24H16ClNO2. The van der Waals surface area contributed by atoms with Gasteiger partial charge in [0.25, 0.3) is 0 Å². The number of fused-ring (bicyclic) bond motifs is 3. The summed E-state index contributed by atoms with van der Waals surface area (Å²) < 4.78 is 0. The van der Waals surface area contributed by atoms with Gasteiger partial charge in [0, 0.05) is 28.1 Å². The first kappa shape index (κ1) is 16.8. The first-order valence-electron chi connectivity index (χ1n) is 9.00. The molecule has 136 valence electrons. The zero-order valence-corrected chi connectivity index (χ0v) is 15.6. The second-order valence-electron chi connectivity index (χ2n) is 6.92. The van der Waals surface area contributed by atoms with Crippen LogP contribution in [-0.4, -0.2) is 15.2 Å². The van der Waals surface area contributed by atoms with Gasteiger partial charge in [0.05, 0.1) is 11.4 Å². The van der Waals surface area contributed by atoms with E-state index in [4.69, 9.17) is 16.6 Å². The molecule has 1 aliphatic carbocycles. The van der Waals surface area contributed by atoms with E-state index < -0.39 is 0 Å². The molecule has 4 heteroatoms. The molecular weight excluding hydrogens is 370 g/mol. The Morgan fingerprint density at radius 1 is 0.750 bits per heavy atom. The van der Waals surface area contributed by atoms with Crippen LogP contribution < -0.4 is 0 Å². The summed E-state index contributed by atoms with van der Waals surface area (Å²) in [4.78, 5) is 4.92. The number of hydrogen-bond donors (Lipinski definition) is 2. The molecule has 0 radical (unpaired) electrons. The molecule has 28 heavy (non-hydrogen) atoms. The van der Waals surface area contributed by atoms with E-state index in [1.54, 1.807) is 18.2 Å². The van der Waals surface area contributed by atoms with E-state index in [1.165, 1.54) is 0 Å². The molecule has 1 heterocycles. The molecule has 1 aliphatic rings. The van der Waals surface area contributed by atoms with Crippen LogP contribution in [0.25, 0.3) is 33.6 Å². The van der Waals surface area contributed by atoms with Gasteiger partial charge in [-0.05, 0) is 65.2 Å². The molecule has 0 unspecified atom stereocenters. The molecule has 2 N–H and O–H groups in total. The molecule has 0 fully saturated rings. The Kier molecular flexibility index (Phi) is 3.85. The Bertz CT molecular complexity index is 1200. The maximum absolute atomic E-state index is 10.3. The van der Waals surface area contributed by atoms with E-state index in [2.05, 4.69) is 6.07 Å². The van der Waals surface area contributed by atoms with Crippen molar-refractivity contribution < 1.29 is 10.2 Å². The lowest BCUT2D eigenvalue weighted by Gasteiger charge is -2.12. The van der Waals surface area contributed by atoms with Crippen LogP contribution in [0, 0.1) is 0 Å². The fourth-order valence-electron chi connectivity index (χ4n) is 3.80. The molecule has 0 amide bonds. The van der Waals surface area contributed by atoms with Gasteiger partial charge >= 0.3 is 0 Å². The van der Waals surface area contributed by atoms with E-state index in [0.717, 1.165) is 44.8 Å². The summed E-state index contributed by atoms with van der Waals surface area (Å²) in [6, 6.07) is 22.4. The van der Waals surface area contributed by atoms with E-state index >= 15 is 0 Å². The fraction of sp³-hybridized carbons (Fsp3) is 0.0417.